The fourth-order valence-electron chi connectivity index (χ4n) is 2.90. The van der Waals surface area contributed by atoms with Crippen LogP contribution in [0.25, 0.3) is 0 Å². The van der Waals surface area contributed by atoms with Crippen molar-refractivity contribution in [2.75, 3.05) is 4.90 Å². The summed E-state index contributed by atoms with van der Waals surface area (Å²) in [5.41, 5.74) is 7.32. The fraction of sp³-hybridized carbons (Fsp3) is 0.125. The summed E-state index contributed by atoms with van der Waals surface area (Å²) in [6.07, 6.45) is -0.894. The van der Waals surface area contributed by atoms with Gasteiger partial charge in [-0.15, -0.1) is 0 Å². The molecule has 30 heavy (non-hydrogen) atoms. The van der Waals surface area contributed by atoms with Crippen LogP contribution in [-0.4, -0.2) is 23.8 Å². The van der Waals surface area contributed by atoms with E-state index < -0.39 is 18.0 Å². The molecule has 0 bridgehead atoms. The van der Waals surface area contributed by atoms with Crippen LogP contribution in [0.1, 0.15) is 28.4 Å². The highest BCUT2D eigenvalue weighted by atomic mass is 16.6. The van der Waals surface area contributed by atoms with Crippen LogP contribution in [-0.2, 0) is 16.1 Å². The number of anilines is 1. The maximum absolute atomic E-state index is 13.0. The molecule has 3 aromatic rings. The number of nitrogens with zero attached hydrogens (tertiary/aromatic N) is 1. The minimum absolute atomic E-state index is 0.0167. The smallest absolute Gasteiger partial charge is 0.421 e. The number of amides is 2. The van der Waals surface area contributed by atoms with Gasteiger partial charge in [0, 0.05) is 11.1 Å². The molecule has 0 aliphatic rings. The molecule has 0 fully saturated rings. The molecule has 0 heterocycles. The van der Waals surface area contributed by atoms with Gasteiger partial charge < -0.3 is 10.5 Å². The van der Waals surface area contributed by atoms with Crippen LogP contribution < -0.4 is 10.6 Å². The topological polar surface area (TPSA) is 89.7 Å². The molecule has 1 atom stereocenters. The van der Waals surface area contributed by atoms with Gasteiger partial charge in [-0.25, -0.2) is 9.69 Å². The third-order valence-corrected chi connectivity index (χ3v) is 4.42. The number of benzene rings is 3. The van der Waals surface area contributed by atoms with Crippen molar-refractivity contribution in [2.24, 2.45) is 5.73 Å². The lowest BCUT2D eigenvalue weighted by atomic mass is 10.0. The number of hydrogen-bond acceptors (Lipinski definition) is 5. The molecule has 0 unspecified atom stereocenters. The Labute approximate surface area is 174 Å². The summed E-state index contributed by atoms with van der Waals surface area (Å²) in [5.74, 6) is -0.981. The van der Waals surface area contributed by atoms with Crippen molar-refractivity contribution in [1.29, 1.82) is 0 Å². The van der Waals surface area contributed by atoms with Gasteiger partial charge in [0.1, 0.15) is 6.61 Å². The number of hydrogen-bond donors (Lipinski definition) is 1. The molecule has 152 valence electrons. The van der Waals surface area contributed by atoms with E-state index in [0.29, 0.717) is 5.56 Å². The number of ether oxygens (including phenoxy) is 1. The summed E-state index contributed by atoms with van der Waals surface area (Å²) in [7, 11) is 0. The lowest BCUT2D eigenvalue weighted by molar-refractivity contribution is -0.119. The Morgan fingerprint density at radius 2 is 1.43 bits per heavy atom. The molecule has 0 radical (unpaired) electrons. The number of rotatable bonds is 6. The van der Waals surface area contributed by atoms with Gasteiger partial charge in [-0.3, -0.25) is 9.59 Å². The van der Waals surface area contributed by atoms with Crippen molar-refractivity contribution < 1.29 is 19.1 Å². The van der Waals surface area contributed by atoms with Crippen molar-refractivity contribution in [3.8, 4) is 0 Å². The van der Waals surface area contributed by atoms with E-state index in [9.17, 15) is 14.4 Å². The van der Waals surface area contributed by atoms with Gasteiger partial charge in [0.2, 0.25) is 0 Å². The number of para-hydroxylation sites is 1. The first-order valence-corrected chi connectivity index (χ1v) is 9.48. The predicted molar refractivity (Wildman–Crippen MR) is 114 cm³/mol. The quantitative estimate of drug-likeness (QED) is 0.631. The van der Waals surface area contributed by atoms with Crippen molar-refractivity contribution >= 4 is 23.5 Å². The van der Waals surface area contributed by atoms with Crippen LogP contribution in [0.2, 0.25) is 0 Å². The van der Waals surface area contributed by atoms with Crippen LogP contribution in [0.5, 0.6) is 0 Å². The first-order valence-electron chi connectivity index (χ1n) is 9.48. The standard InChI is InChI=1S/C24H22N2O4/c1-17(25)23(28)26(24(29)30-16-18-10-4-2-5-11-18)21-15-9-8-14-20(21)22(27)19-12-6-3-7-13-19/h2-15,17H,16,25H2,1H3/t17-/m0/s1. The van der Waals surface area contributed by atoms with Gasteiger partial charge in [0.05, 0.1) is 11.7 Å². The minimum atomic E-state index is -0.964. The molecule has 6 heteroatoms. The third kappa shape index (κ3) is 4.79. The molecule has 0 saturated carbocycles. The third-order valence-electron chi connectivity index (χ3n) is 4.42. The number of ketones is 1. The Kier molecular flexibility index (Phi) is 6.72. The molecule has 6 nitrogen and oxygen atoms in total. The van der Waals surface area contributed by atoms with Crippen molar-refractivity contribution in [3.05, 3.63) is 102 Å². The van der Waals surface area contributed by atoms with Crippen LogP contribution in [0.3, 0.4) is 0 Å². The first kappa shape index (κ1) is 21.0. The molecule has 0 aliphatic heterocycles. The normalized spacial score (nSPS) is 11.4. The summed E-state index contributed by atoms with van der Waals surface area (Å²) in [4.78, 5) is 39.6. The maximum Gasteiger partial charge on any atom is 0.421 e. The maximum atomic E-state index is 13.0. The molecule has 3 rings (SSSR count). The number of imide groups is 1. The van der Waals surface area contributed by atoms with Gasteiger partial charge in [-0.1, -0.05) is 72.8 Å². The molecular formula is C24H22N2O4. The SMILES string of the molecule is C[C@H](N)C(=O)N(C(=O)OCc1ccccc1)c1ccccc1C(=O)c1ccccc1. The second kappa shape index (κ2) is 9.62. The van der Waals surface area contributed by atoms with E-state index in [-0.39, 0.29) is 23.6 Å². The van der Waals surface area contributed by atoms with E-state index in [1.807, 2.05) is 18.2 Å². The summed E-state index contributed by atoms with van der Waals surface area (Å²) in [6.45, 7) is 1.46. The number of carbonyl (C=O) groups excluding carboxylic acids is 3. The monoisotopic (exact) mass is 402 g/mol. The second-order valence-electron chi connectivity index (χ2n) is 6.71. The second-order valence-corrected chi connectivity index (χ2v) is 6.71. The van der Waals surface area contributed by atoms with Gasteiger partial charge >= 0.3 is 6.09 Å². The molecule has 2 amide bonds. The Hall–Kier alpha value is -3.77. The van der Waals surface area contributed by atoms with E-state index in [2.05, 4.69) is 0 Å². The predicted octanol–water partition coefficient (Wildman–Crippen LogP) is 3.93. The molecule has 2 N–H and O–H groups in total. The molecule has 0 spiro atoms. The Morgan fingerprint density at radius 3 is 2.07 bits per heavy atom. The lowest BCUT2D eigenvalue weighted by Crippen LogP contribution is -2.46. The average molecular weight is 402 g/mol. The van der Waals surface area contributed by atoms with Crippen LogP contribution >= 0.6 is 0 Å². The highest BCUT2D eigenvalue weighted by molar-refractivity contribution is 6.20. The van der Waals surface area contributed by atoms with E-state index in [1.54, 1.807) is 60.7 Å². The molecule has 0 aliphatic carbocycles. The van der Waals surface area contributed by atoms with Gasteiger partial charge in [-0.2, -0.15) is 0 Å². The first-order chi connectivity index (χ1) is 14.5. The van der Waals surface area contributed by atoms with Gasteiger partial charge in [0.25, 0.3) is 5.91 Å². The highest BCUT2D eigenvalue weighted by Gasteiger charge is 2.31. The molecular weight excluding hydrogens is 380 g/mol. The summed E-state index contributed by atoms with van der Waals surface area (Å²) in [5, 5.41) is 0. The minimum Gasteiger partial charge on any atom is -0.444 e. The van der Waals surface area contributed by atoms with E-state index >= 15 is 0 Å². The van der Waals surface area contributed by atoms with Crippen molar-refractivity contribution in [2.45, 2.75) is 19.6 Å². The number of nitrogens with two attached hydrogens (primary N) is 1. The van der Waals surface area contributed by atoms with E-state index in [4.69, 9.17) is 10.5 Å². The van der Waals surface area contributed by atoms with Crippen molar-refractivity contribution in [1.82, 2.24) is 0 Å². The zero-order valence-corrected chi connectivity index (χ0v) is 16.5. The van der Waals surface area contributed by atoms with Gasteiger partial charge in [-0.05, 0) is 24.6 Å². The number of carbonyl (C=O) groups is 3. The molecule has 3 aromatic carbocycles. The highest BCUT2D eigenvalue weighted by Crippen LogP contribution is 2.25. The van der Waals surface area contributed by atoms with Crippen LogP contribution in [0.15, 0.2) is 84.9 Å². The average Bonchev–Trinajstić information content (AvgIpc) is 2.79. The molecule has 0 saturated heterocycles. The Morgan fingerprint density at radius 1 is 0.867 bits per heavy atom. The zero-order chi connectivity index (χ0) is 21.5. The summed E-state index contributed by atoms with van der Waals surface area (Å²) < 4.78 is 5.36. The fourth-order valence-corrected chi connectivity index (χ4v) is 2.90. The summed E-state index contributed by atoms with van der Waals surface area (Å²) >= 11 is 0. The van der Waals surface area contributed by atoms with Crippen molar-refractivity contribution in [3.63, 3.8) is 0 Å². The van der Waals surface area contributed by atoms with Crippen LogP contribution in [0, 0.1) is 0 Å². The lowest BCUT2D eigenvalue weighted by Gasteiger charge is -2.24. The zero-order valence-electron chi connectivity index (χ0n) is 16.5. The van der Waals surface area contributed by atoms with E-state index in [1.165, 1.54) is 13.0 Å². The largest absolute Gasteiger partial charge is 0.444 e. The van der Waals surface area contributed by atoms with Crippen LogP contribution in [0.4, 0.5) is 10.5 Å². The Balaban J connectivity index is 1.95. The Bertz CT molecular complexity index is 1030. The molecule has 0 aromatic heterocycles. The van der Waals surface area contributed by atoms with Gasteiger partial charge in [0.15, 0.2) is 5.78 Å². The van der Waals surface area contributed by atoms with E-state index in [0.717, 1.165) is 10.5 Å². The summed E-state index contributed by atoms with van der Waals surface area (Å²) in [6, 6.07) is 23.2.